The van der Waals surface area contributed by atoms with E-state index in [9.17, 15) is 44.3 Å². The Kier molecular flexibility index (Phi) is 9.27. The Hall–Kier alpha value is -2.96. The number of hydrogen-bond acceptors (Lipinski definition) is 4. The van der Waals surface area contributed by atoms with E-state index in [1.165, 1.54) is 6.07 Å². The van der Waals surface area contributed by atoms with Gasteiger partial charge in [-0.3, -0.25) is 4.79 Å². The predicted octanol–water partition coefficient (Wildman–Crippen LogP) is 6.96. The first-order chi connectivity index (χ1) is 16.6. The molecule has 0 saturated heterocycles. The average Bonchev–Trinajstić information content (AvgIpc) is 2.76. The van der Waals surface area contributed by atoms with Crippen molar-refractivity contribution in [2.45, 2.75) is 57.4 Å². The number of carbonyl (C=O) groups is 1. The van der Waals surface area contributed by atoms with Crippen LogP contribution < -0.4 is 10.6 Å². The zero-order valence-corrected chi connectivity index (χ0v) is 19.0. The van der Waals surface area contributed by atoms with Gasteiger partial charge >= 0.3 is 18.5 Å². The summed E-state index contributed by atoms with van der Waals surface area (Å²) in [5.41, 5.74) is -3.40. The number of alkyl halides is 9. The fraction of sp³-hybridized carbons (Fsp3) is 0.435. The third-order valence-corrected chi connectivity index (χ3v) is 5.18. The van der Waals surface area contributed by atoms with E-state index in [1.54, 1.807) is 13.8 Å². The molecule has 1 aliphatic heterocycles. The number of carbonyl (C=O) groups excluding carboxylic acids is 1. The van der Waals surface area contributed by atoms with Crippen molar-refractivity contribution >= 4 is 12.2 Å². The van der Waals surface area contributed by atoms with Gasteiger partial charge in [0, 0.05) is 24.3 Å². The lowest BCUT2D eigenvalue weighted by molar-refractivity contribution is -0.143. The van der Waals surface area contributed by atoms with Gasteiger partial charge in [-0.25, -0.2) is 0 Å². The van der Waals surface area contributed by atoms with Crippen molar-refractivity contribution in [3.05, 3.63) is 64.2 Å². The van der Waals surface area contributed by atoms with Crippen LogP contribution in [0.4, 0.5) is 45.2 Å². The number of benzene rings is 2. The molecule has 0 bridgehead atoms. The SMILES string of the molecule is CCOC=O.C[C@@H]1C[C@H](NCc2cc(C(F)(F)F)cc(C(F)(F)F)c2)c2cc(C(F)(F)F)ccc2N1. The summed E-state index contributed by atoms with van der Waals surface area (Å²) in [7, 11) is 0. The molecular formula is C23H23F9N2O2. The smallest absolute Gasteiger partial charge is 0.416 e. The van der Waals surface area contributed by atoms with E-state index in [1.807, 2.05) is 0 Å². The van der Waals surface area contributed by atoms with Crippen molar-refractivity contribution in [3.63, 3.8) is 0 Å². The Bertz CT molecular complexity index is 1000. The Labute approximate surface area is 200 Å². The third kappa shape index (κ3) is 8.04. The molecule has 2 N–H and O–H groups in total. The number of fused-ring (bicyclic) bond motifs is 1. The number of rotatable bonds is 5. The highest BCUT2D eigenvalue weighted by atomic mass is 19.4. The van der Waals surface area contributed by atoms with E-state index in [2.05, 4.69) is 15.4 Å². The zero-order valence-electron chi connectivity index (χ0n) is 19.0. The van der Waals surface area contributed by atoms with Crippen molar-refractivity contribution in [1.82, 2.24) is 5.32 Å². The van der Waals surface area contributed by atoms with Gasteiger partial charge < -0.3 is 15.4 Å². The van der Waals surface area contributed by atoms with Crippen LogP contribution in [0.2, 0.25) is 0 Å². The maximum Gasteiger partial charge on any atom is 0.416 e. The molecular weight excluding hydrogens is 507 g/mol. The second-order valence-corrected chi connectivity index (χ2v) is 7.98. The monoisotopic (exact) mass is 530 g/mol. The number of halogens is 9. The predicted molar refractivity (Wildman–Crippen MR) is 113 cm³/mol. The van der Waals surface area contributed by atoms with E-state index in [0.29, 0.717) is 37.3 Å². The summed E-state index contributed by atoms with van der Waals surface area (Å²) >= 11 is 0. The van der Waals surface area contributed by atoms with Crippen LogP contribution in [-0.4, -0.2) is 19.1 Å². The van der Waals surface area contributed by atoms with Gasteiger partial charge in [0.15, 0.2) is 0 Å². The van der Waals surface area contributed by atoms with Crippen LogP contribution in [0.5, 0.6) is 0 Å². The minimum Gasteiger partial charge on any atom is -0.468 e. The van der Waals surface area contributed by atoms with Crippen LogP contribution in [0.15, 0.2) is 36.4 Å². The number of hydrogen-bond donors (Lipinski definition) is 2. The van der Waals surface area contributed by atoms with Gasteiger partial charge in [0.25, 0.3) is 6.47 Å². The number of ether oxygens (including phenoxy) is 1. The quantitative estimate of drug-likeness (QED) is 0.324. The standard InChI is InChI=1S/C20H17F9N2.C3H6O2/c1-10-4-17(15-8-12(18(21,22)23)2-3-16(15)31-10)30-9-11-5-13(19(24,25)26)7-14(6-11)20(27,28)29;1-2-5-3-4/h2-3,5-8,10,17,30-31H,4,9H2,1H3;3H,2H2,1H3/t10-,17+;/m1./s1. The van der Waals surface area contributed by atoms with Gasteiger partial charge in [0.1, 0.15) is 0 Å². The Morgan fingerprint density at radius 3 is 1.92 bits per heavy atom. The summed E-state index contributed by atoms with van der Waals surface area (Å²) in [6, 6.07) is 3.45. The molecule has 0 aromatic heterocycles. The van der Waals surface area contributed by atoms with Crippen molar-refractivity contribution in [1.29, 1.82) is 0 Å². The fourth-order valence-corrected chi connectivity index (χ4v) is 3.59. The molecule has 0 fully saturated rings. The number of anilines is 1. The first-order valence-electron chi connectivity index (χ1n) is 10.6. The van der Waals surface area contributed by atoms with Crippen LogP contribution in [0.3, 0.4) is 0 Å². The van der Waals surface area contributed by atoms with Crippen LogP contribution in [0, 0.1) is 0 Å². The van der Waals surface area contributed by atoms with Crippen molar-refractivity contribution in [2.75, 3.05) is 11.9 Å². The second-order valence-electron chi connectivity index (χ2n) is 7.98. The Morgan fingerprint density at radius 2 is 1.47 bits per heavy atom. The maximum absolute atomic E-state index is 13.1. The molecule has 200 valence electrons. The molecule has 2 aromatic rings. The molecule has 3 rings (SSSR count). The number of nitrogens with one attached hydrogen (secondary N) is 2. The van der Waals surface area contributed by atoms with E-state index in [0.717, 1.165) is 12.1 Å². The van der Waals surface area contributed by atoms with Gasteiger partial charge in [0.05, 0.1) is 23.3 Å². The lowest BCUT2D eigenvalue weighted by Crippen LogP contribution is -2.33. The lowest BCUT2D eigenvalue weighted by atomic mass is 9.91. The zero-order chi connectivity index (χ0) is 27.3. The van der Waals surface area contributed by atoms with E-state index in [4.69, 9.17) is 0 Å². The highest BCUT2D eigenvalue weighted by Crippen LogP contribution is 2.39. The normalized spacial score (nSPS) is 17.9. The van der Waals surface area contributed by atoms with Gasteiger partial charge in [0.2, 0.25) is 0 Å². The van der Waals surface area contributed by atoms with Crippen molar-refractivity contribution < 1.29 is 49.0 Å². The summed E-state index contributed by atoms with van der Waals surface area (Å²) in [5, 5.41) is 5.84. The van der Waals surface area contributed by atoms with Crippen molar-refractivity contribution in [3.8, 4) is 0 Å². The average molecular weight is 530 g/mol. The molecule has 0 saturated carbocycles. The highest BCUT2D eigenvalue weighted by Gasteiger charge is 2.37. The fourth-order valence-electron chi connectivity index (χ4n) is 3.59. The van der Waals surface area contributed by atoms with Crippen molar-refractivity contribution in [2.24, 2.45) is 0 Å². The molecule has 1 heterocycles. The van der Waals surface area contributed by atoms with Gasteiger partial charge in [-0.1, -0.05) is 0 Å². The summed E-state index contributed by atoms with van der Waals surface area (Å²) in [4.78, 5) is 9.18. The van der Waals surface area contributed by atoms with E-state index < -0.39 is 41.3 Å². The van der Waals surface area contributed by atoms with Crippen LogP contribution in [0.1, 0.15) is 54.1 Å². The lowest BCUT2D eigenvalue weighted by Gasteiger charge is -2.33. The minimum atomic E-state index is -4.98. The maximum atomic E-state index is 13.1. The molecule has 1 aliphatic rings. The Balaban J connectivity index is 0.000000830. The summed E-state index contributed by atoms with van der Waals surface area (Å²) in [5.74, 6) is 0. The molecule has 0 spiro atoms. The molecule has 4 nitrogen and oxygen atoms in total. The second kappa shape index (κ2) is 11.4. The Morgan fingerprint density at radius 1 is 0.917 bits per heavy atom. The molecule has 0 unspecified atom stereocenters. The van der Waals surface area contributed by atoms with E-state index in [-0.39, 0.29) is 29.8 Å². The summed E-state index contributed by atoms with van der Waals surface area (Å²) < 4.78 is 122. The minimum absolute atomic E-state index is 0.0288. The molecule has 0 amide bonds. The van der Waals surface area contributed by atoms with Crippen LogP contribution in [0.25, 0.3) is 0 Å². The van der Waals surface area contributed by atoms with Gasteiger partial charge in [-0.2, -0.15) is 39.5 Å². The molecule has 0 aliphatic carbocycles. The van der Waals surface area contributed by atoms with Crippen LogP contribution in [-0.2, 0) is 34.6 Å². The largest absolute Gasteiger partial charge is 0.468 e. The summed E-state index contributed by atoms with van der Waals surface area (Å²) in [6.45, 7) is 4.04. The summed E-state index contributed by atoms with van der Waals surface area (Å²) in [6.07, 6.45) is -14.3. The highest BCUT2D eigenvalue weighted by molar-refractivity contribution is 5.57. The first kappa shape index (κ1) is 29.3. The third-order valence-electron chi connectivity index (χ3n) is 5.18. The molecule has 0 radical (unpaired) electrons. The van der Waals surface area contributed by atoms with Gasteiger partial charge in [-0.15, -0.1) is 0 Å². The van der Waals surface area contributed by atoms with Gasteiger partial charge in [-0.05, 0) is 67.8 Å². The molecule has 36 heavy (non-hydrogen) atoms. The first-order valence-corrected chi connectivity index (χ1v) is 10.6. The molecule has 2 atom stereocenters. The van der Waals surface area contributed by atoms with Crippen LogP contribution >= 0.6 is 0 Å². The molecule has 2 aromatic carbocycles. The topological polar surface area (TPSA) is 50.4 Å². The molecule has 13 heteroatoms. The van der Waals surface area contributed by atoms with E-state index >= 15 is 0 Å².